The normalized spacial score (nSPS) is 27.3. The van der Waals surface area contributed by atoms with Crippen LogP contribution in [0.4, 0.5) is 5.69 Å². The van der Waals surface area contributed by atoms with Crippen LogP contribution in [-0.2, 0) is 4.74 Å². The number of anilines is 1. The average molecular weight is 246 g/mol. The summed E-state index contributed by atoms with van der Waals surface area (Å²) in [5, 5.41) is 0. The van der Waals surface area contributed by atoms with E-state index < -0.39 is 0 Å². The molecule has 3 heteroatoms. The lowest BCUT2D eigenvalue weighted by atomic mass is 9.80. The Morgan fingerprint density at radius 1 is 1.28 bits per heavy atom. The fraction of sp³-hybridized carbons (Fsp3) is 0.600. The molecule has 3 rings (SSSR count). The molecule has 2 N–H and O–H groups in total. The van der Waals surface area contributed by atoms with E-state index in [1.807, 2.05) is 0 Å². The third-order valence-electron chi connectivity index (χ3n) is 4.32. The Morgan fingerprint density at radius 2 is 2.17 bits per heavy atom. The van der Waals surface area contributed by atoms with E-state index in [-0.39, 0.29) is 0 Å². The Kier molecular flexibility index (Phi) is 3.52. The lowest BCUT2D eigenvalue weighted by Gasteiger charge is -2.37. The van der Waals surface area contributed by atoms with Crippen molar-refractivity contribution in [3.63, 3.8) is 0 Å². The Labute approximate surface area is 109 Å². The molecule has 2 heterocycles. The monoisotopic (exact) mass is 246 g/mol. The Balaban J connectivity index is 1.88. The zero-order valence-electron chi connectivity index (χ0n) is 10.8. The fourth-order valence-electron chi connectivity index (χ4n) is 3.41. The van der Waals surface area contributed by atoms with E-state index in [0.717, 1.165) is 32.8 Å². The van der Waals surface area contributed by atoms with Crippen LogP contribution in [0.2, 0.25) is 0 Å². The van der Waals surface area contributed by atoms with Crippen molar-refractivity contribution in [2.24, 2.45) is 11.7 Å². The summed E-state index contributed by atoms with van der Waals surface area (Å²) in [6, 6.07) is 8.83. The van der Waals surface area contributed by atoms with Gasteiger partial charge >= 0.3 is 0 Å². The Morgan fingerprint density at radius 3 is 2.94 bits per heavy atom. The lowest BCUT2D eigenvalue weighted by Crippen LogP contribution is -2.36. The second-order valence-electron chi connectivity index (χ2n) is 5.35. The van der Waals surface area contributed by atoms with E-state index in [1.165, 1.54) is 24.1 Å². The van der Waals surface area contributed by atoms with Gasteiger partial charge in [0.15, 0.2) is 0 Å². The number of benzene rings is 1. The van der Waals surface area contributed by atoms with Gasteiger partial charge in [-0.3, -0.25) is 0 Å². The van der Waals surface area contributed by atoms with Crippen molar-refractivity contribution in [1.29, 1.82) is 0 Å². The van der Waals surface area contributed by atoms with Gasteiger partial charge in [0.1, 0.15) is 0 Å². The van der Waals surface area contributed by atoms with Crippen molar-refractivity contribution in [3.8, 4) is 0 Å². The van der Waals surface area contributed by atoms with Crippen LogP contribution in [0.3, 0.4) is 0 Å². The van der Waals surface area contributed by atoms with E-state index in [1.54, 1.807) is 0 Å². The van der Waals surface area contributed by atoms with Crippen LogP contribution in [0.25, 0.3) is 0 Å². The number of nitrogens with zero attached hydrogens (tertiary/aromatic N) is 1. The van der Waals surface area contributed by atoms with Crippen LogP contribution in [0.5, 0.6) is 0 Å². The number of para-hydroxylation sites is 1. The first-order chi connectivity index (χ1) is 8.90. The van der Waals surface area contributed by atoms with Gasteiger partial charge in [0.2, 0.25) is 0 Å². The molecule has 1 fully saturated rings. The molecule has 0 radical (unpaired) electrons. The standard InChI is InChI=1S/C15H22N2O/c16-7-9-17-8-5-13(12-6-10-18-11-12)14-3-1-2-4-15(14)17/h1-4,12-13H,5-11,16H2/t12-,13+/m0/s1. The molecule has 1 saturated heterocycles. The molecule has 0 aromatic heterocycles. The summed E-state index contributed by atoms with van der Waals surface area (Å²) in [6.07, 6.45) is 2.46. The second-order valence-corrected chi connectivity index (χ2v) is 5.35. The molecule has 98 valence electrons. The zero-order chi connectivity index (χ0) is 12.4. The van der Waals surface area contributed by atoms with E-state index in [2.05, 4.69) is 29.2 Å². The van der Waals surface area contributed by atoms with Gasteiger partial charge in [-0.25, -0.2) is 0 Å². The van der Waals surface area contributed by atoms with Crippen molar-refractivity contribution in [1.82, 2.24) is 0 Å². The first kappa shape index (κ1) is 12.0. The molecule has 0 spiro atoms. The number of fused-ring (bicyclic) bond motifs is 1. The van der Waals surface area contributed by atoms with Crippen molar-refractivity contribution in [2.75, 3.05) is 37.7 Å². The van der Waals surface area contributed by atoms with Gasteiger partial charge < -0.3 is 15.4 Å². The minimum atomic E-state index is 0.678. The lowest BCUT2D eigenvalue weighted by molar-refractivity contribution is 0.179. The van der Waals surface area contributed by atoms with Crippen molar-refractivity contribution < 1.29 is 4.74 Å². The summed E-state index contributed by atoms with van der Waals surface area (Å²) in [5.41, 5.74) is 8.61. The smallest absolute Gasteiger partial charge is 0.0500 e. The summed E-state index contributed by atoms with van der Waals surface area (Å²) in [4.78, 5) is 2.43. The predicted octanol–water partition coefficient (Wildman–Crippen LogP) is 1.98. The van der Waals surface area contributed by atoms with Crippen molar-refractivity contribution in [2.45, 2.75) is 18.8 Å². The summed E-state index contributed by atoms with van der Waals surface area (Å²) in [7, 11) is 0. The Hall–Kier alpha value is -1.06. The summed E-state index contributed by atoms with van der Waals surface area (Å²) in [6.45, 7) is 4.71. The van der Waals surface area contributed by atoms with Gasteiger partial charge in [0.25, 0.3) is 0 Å². The minimum absolute atomic E-state index is 0.678. The minimum Gasteiger partial charge on any atom is -0.381 e. The molecular formula is C15H22N2O. The molecule has 2 atom stereocenters. The highest BCUT2D eigenvalue weighted by Gasteiger charge is 2.32. The van der Waals surface area contributed by atoms with Crippen LogP contribution < -0.4 is 10.6 Å². The maximum absolute atomic E-state index is 5.71. The molecule has 0 saturated carbocycles. The van der Waals surface area contributed by atoms with Crippen molar-refractivity contribution in [3.05, 3.63) is 29.8 Å². The highest BCUT2D eigenvalue weighted by atomic mass is 16.5. The van der Waals surface area contributed by atoms with E-state index in [9.17, 15) is 0 Å². The Bertz CT molecular complexity index is 401. The van der Waals surface area contributed by atoms with E-state index in [4.69, 9.17) is 10.5 Å². The van der Waals surface area contributed by atoms with Gasteiger partial charge in [-0.2, -0.15) is 0 Å². The molecule has 18 heavy (non-hydrogen) atoms. The predicted molar refractivity (Wildman–Crippen MR) is 74.0 cm³/mol. The number of rotatable bonds is 3. The number of ether oxygens (including phenoxy) is 1. The van der Waals surface area contributed by atoms with Crippen molar-refractivity contribution >= 4 is 5.69 Å². The van der Waals surface area contributed by atoms with Crippen LogP contribution in [0.15, 0.2) is 24.3 Å². The largest absolute Gasteiger partial charge is 0.381 e. The van der Waals surface area contributed by atoms with Gasteiger partial charge in [-0.1, -0.05) is 18.2 Å². The van der Waals surface area contributed by atoms with Crippen LogP contribution in [0, 0.1) is 5.92 Å². The zero-order valence-corrected chi connectivity index (χ0v) is 10.8. The second kappa shape index (κ2) is 5.29. The third-order valence-corrected chi connectivity index (χ3v) is 4.32. The van der Waals surface area contributed by atoms with Gasteiger partial charge in [-0.05, 0) is 36.3 Å². The maximum Gasteiger partial charge on any atom is 0.0500 e. The van der Waals surface area contributed by atoms with Crippen LogP contribution in [0.1, 0.15) is 24.3 Å². The number of hydrogen-bond donors (Lipinski definition) is 1. The molecule has 2 aliphatic heterocycles. The first-order valence-electron chi connectivity index (χ1n) is 7.02. The molecule has 0 aliphatic carbocycles. The molecule has 1 aromatic rings. The van der Waals surface area contributed by atoms with Crippen LogP contribution in [-0.4, -0.2) is 32.8 Å². The molecule has 2 aliphatic rings. The fourth-order valence-corrected chi connectivity index (χ4v) is 3.41. The van der Waals surface area contributed by atoms with Gasteiger partial charge in [-0.15, -0.1) is 0 Å². The molecule has 0 bridgehead atoms. The molecule has 3 nitrogen and oxygen atoms in total. The number of nitrogens with two attached hydrogens (primary N) is 1. The van der Waals surface area contributed by atoms with E-state index >= 15 is 0 Å². The quantitative estimate of drug-likeness (QED) is 0.886. The summed E-state index contributed by atoms with van der Waals surface area (Å²) < 4.78 is 5.57. The van der Waals surface area contributed by atoms with Gasteiger partial charge in [0, 0.05) is 31.9 Å². The highest BCUT2D eigenvalue weighted by Crippen LogP contribution is 2.41. The summed E-state index contributed by atoms with van der Waals surface area (Å²) >= 11 is 0. The third kappa shape index (κ3) is 2.13. The van der Waals surface area contributed by atoms with E-state index in [0.29, 0.717) is 11.8 Å². The topological polar surface area (TPSA) is 38.5 Å². The molecule has 0 amide bonds. The van der Waals surface area contributed by atoms with Gasteiger partial charge in [0.05, 0.1) is 6.61 Å². The molecule has 0 unspecified atom stereocenters. The average Bonchev–Trinajstić information content (AvgIpc) is 2.93. The maximum atomic E-state index is 5.71. The summed E-state index contributed by atoms with van der Waals surface area (Å²) in [5.74, 6) is 1.39. The highest BCUT2D eigenvalue weighted by molar-refractivity contribution is 5.57. The van der Waals surface area contributed by atoms with Crippen LogP contribution >= 0.6 is 0 Å². The SMILES string of the molecule is NCCN1CC[C@H]([C@H]2CCOC2)c2ccccc21. The number of hydrogen-bond acceptors (Lipinski definition) is 3. The molecule has 1 aromatic carbocycles. The molecular weight excluding hydrogens is 224 g/mol. The first-order valence-corrected chi connectivity index (χ1v) is 7.02.